The first kappa shape index (κ1) is 26.4. The number of benzene rings is 2. The van der Waals surface area contributed by atoms with Gasteiger partial charge in [-0.05, 0) is 54.9 Å². The topological polar surface area (TPSA) is 107 Å². The molecule has 2 unspecified atom stereocenters. The Morgan fingerprint density at radius 3 is 2.46 bits per heavy atom. The fraction of sp³-hybridized carbons (Fsp3) is 0.310. The average molecular weight is 544 g/mol. The lowest BCUT2D eigenvalue weighted by Gasteiger charge is -2.37. The van der Waals surface area contributed by atoms with E-state index in [9.17, 15) is 13.2 Å². The maximum absolute atomic E-state index is 13.3. The van der Waals surface area contributed by atoms with Gasteiger partial charge in [0.15, 0.2) is 11.5 Å². The first-order chi connectivity index (χ1) is 18.6. The summed E-state index contributed by atoms with van der Waals surface area (Å²) in [4.78, 5) is 21.5. The van der Waals surface area contributed by atoms with E-state index in [0.29, 0.717) is 17.2 Å². The second-order valence-electron chi connectivity index (χ2n) is 10.4. The van der Waals surface area contributed by atoms with Crippen LogP contribution >= 0.6 is 0 Å². The van der Waals surface area contributed by atoms with Crippen molar-refractivity contribution < 1.29 is 17.9 Å². The normalized spacial score (nSPS) is 21.4. The summed E-state index contributed by atoms with van der Waals surface area (Å²) in [7, 11) is -3.78. The second-order valence-corrected chi connectivity index (χ2v) is 12.0. The van der Waals surface area contributed by atoms with Gasteiger partial charge in [-0.25, -0.2) is 27.6 Å². The van der Waals surface area contributed by atoms with Crippen molar-refractivity contribution in [3.8, 4) is 11.4 Å². The van der Waals surface area contributed by atoms with Crippen LogP contribution in [0.15, 0.2) is 59.5 Å². The molecule has 200 valence electrons. The Morgan fingerprint density at radius 1 is 1.10 bits per heavy atom. The molecule has 0 saturated heterocycles. The molecule has 39 heavy (non-hydrogen) atoms. The second kappa shape index (κ2) is 10.2. The fourth-order valence-electron chi connectivity index (χ4n) is 5.60. The minimum atomic E-state index is -3.78. The van der Waals surface area contributed by atoms with Gasteiger partial charge in [0.2, 0.25) is 5.69 Å². The smallest absolute Gasteiger partial charge is 0.330 e. The number of aromatic nitrogens is 3. The summed E-state index contributed by atoms with van der Waals surface area (Å²) in [5.41, 5.74) is 1.18. The van der Waals surface area contributed by atoms with Crippen molar-refractivity contribution in [2.45, 2.75) is 44.6 Å². The molecule has 2 aromatic heterocycles. The van der Waals surface area contributed by atoms with Gasteiger partial charge < -0.3 is 4.74 Å². The van der Waals surface area contributed by atoms with E-state index in [-0.39, 0.29) is 50.9 Å². The van der Waals surface area contributed by atoms with E-state index in [2.05, 4.69) is 47.0 Å². The Labute approximate surface area is 227 Å². The van der Waals surface area contributed by atoms with Crippen LogP contribution in [0.25, 0.3) is 28.5 Å². The number of anilines is 1. The van der Waals surface area contributed by atoms with E-state index in [0.717, 1.165) is 12.8 Å². The largest absolute Gasteiger partial charge is 0.459 e. The molecule has 0 bridgehead atoms. The summed E-state index contributed by atoms with van der Waals surface area (Å²) in [6, 6.07) is 14.7. The van der Waals surface area contributed by atoms with Gasteiger partial charge in [0, 0.05) is 11.3 Å². The zero-order valence-corrected chi connectivity index (χ0v) is 22.8. The maximum atomic E-state index is 13.3. The molecule has 2 heterocycles. The van der Waals surface area contributed by atoms with Crippen LogP contribution in [-0.2, 0) is 14.8 Å². The molecule has 10 heteroatoms. The summed E-state index contributed by atoms with van der Waals surface area (Å²) in [5, 5.41) is 4.72. The number of sulfonamides is 1. The van der Waals surface area contributed by atoms with Gasteiger partial charge in [-0.1, -0.05) is 57.7 Å². The summed E-state index contributed by atoms with van der Waals surface area (Å²) in [6.45, 7) is 18.2. The van der Waals surface area contributed by atoms with Crippen molar-refractivity contribution >= 4 is 39.6 Å². The van der Waals surface area contributed by atoms with Gasteiger partial charge in [0.1, 0.15) is 6.10 Å². The van der Waals surface area contributed by atoms with E-state index in [1.165, 1.54) is 16.6 Å². The van der Waals surface area contributed by atoms with Gasteiger partial charge in [0.25, 0.3) is 10.0 Å². The SMILES string of the molecule is [C-]#[N+]c1c(C(=O)OC2C(C)CC(C)CC2C)c(=C)n2nc(-c3cccc(NS(=O)(=O)c4ccccc4)c3)nc12. The summed E-state index contributed by atoms with van der Waals surface area (Å²) in [6.07, 6.45) is 1.72. The van der Waals surface area contributed by atoms with Gasteiger partial charge in [-0.2, -0.15) is 0 Å². The standard InChI is InChI=1S/C29H29N5O4S/c1-17-14-18(2)26(19(3)15-17)38-29(35)24-20(4)34-28(25(24)30-5)31-27(32-34)21-10-9-11-22(16-21)33-39(36,37)23-12-7-6-8-13-23/h6-13,16-19,26,33H,4,14-15H2,1-3H3. The molecule has 5 rings (SSSR count). The highest BCUT2D eigenvalue weighted by Crippen LogP contribution is 2.36. The molecule has 9 nitrogen and oxygen atoms in total. The third-order valence-electron chi connectivity index (χ3n) is 7.26. The molecule has 0 amide bonds. The lowest BCUT2D eigenvalue weighted by molar-refractivity contribution is -0.0252. The molecular formula is C29H29N5O4S. The molecule has 2 aromatic carbocycles. The van der Waals surface area contributed by atoms with Crippen LogP contribution in [0.5, 0.6) is 0 Å². The van der Waals surface area contributed by atoms with Crippen LogP contribution in [0.1, 0.15) is 44.0 Å². The number of nitrogens with zero attached hydrogens (tertiary/aromatic N) is 4. The minimum absolute atomic E-state index is 0.0363. The molecule has 1 N–H and O–H groups in total. The van der Waals surface area contributed by atoms with Gasteiger partial charge in [-0.3, -0.25) is 4.72 Å². The maximum Gasteiger partial charge on any atom is 0.330 e. The molecule has 0 radical (unpaired) electrons. The van der Waals surface area contributed by atoms with Gasteiger partial charge in [0.05, 0.1) is 22.4 Å². The Hall–Kier alpha value is -4.23. The third-order valence-corrected chi connectivity index (χ3v) is 8.65. The van der Waals surface area contributed by atoms with Crippen molar-refractivity contribution in [1.29, 1.82) is 0 Å². The zero-order valence-electron chi connectivity index (χ0n) is 22.0. The number of fused-ring (bicyclic) bond motifs is 1. The molecule has 1 aliphatic carbocycles. The Morgan fingerprint density at radius 2 is 1.79 bits per heavy atom. The highest BCUT2D eigenvalue weighted by molar-refractivity contribution is 7.92. The predicted molar refractivity (Wildman–Crippen MR) is 149 cm³/mol. The minimum Gasteiger partial charge on any atom is -0.459 e. The number of carbonyl (C=O) groups is 1. The highest BCUT2D eigenvalue weighted by atomic mass is 32.2. The molecule has 2 atom stereocenters. The van der Waals surface area contributed by atoms with Gasteiger partial charge >= 0.3 is 5.97 Å². The summed E-state index contributed by atoms with van der Waals surface area (Å²) < 4.78 is 35.4. The molecule has 1 aliphatic rings. The third kappa shape index (κ3) is 4.98. The number of carbonyl (C=O) groups excluding carboxylic acids is 1. The Kier molecular flexibility index (Phi) is 6.87. The molecule has 4 aromatic rings. The van der Waals surface area contributed by atoms with E-state index in [1.54, 1.807) is 42.5 Å². The van der Waals surface area contributed by atoms with Crippen LogP contribution in [0, 0.1) is 24.3 Å². The average Bonchev–Trinajstić information content (AvgIpc) is 3.44. The van der Waals surface area contributed by atoms with Crippen molar-refractivity contribution in [2.24, 2.45) is 17.8 Å². The van der Waals surface area contributed by atoms with E-state index < -0.39 is 16.0 Å². The van der Waals surface area contributed by atoms with Crippen molar-refractivity contribution in [2.75, 3.05) is 4.72 Å². The number of nitrogens with one attached hydrogen (secondary N) is 1. The molecule has 0 spiro atoms. The predicted octanol–water partition coefficient (Wildman–Crippen LogP) is 5.10. The van der Waals surface area contributed by atoms with Crippen LogP contribution in [0.2, 0.25) is 0 Å². The molecule has 1 fully saturated rings. The molecular weight excluding hydrogens is 514 g/mol. The lowest BCUT2D eigenvalue weighted by Crippen LogP contribution is -2.38. The van der Waals surface area contributed by atoms with Crippen LogP contribution < -0.4 is 10.1 Å². The van der Waals surface area contributed by atoms with E-state index >= 15 is 0 Å². The Balaban J connectivity index is 1.44. The van der Waals surface area contributed by atoms with Crippen molar-refractivity contribution in [3.05, 3.63) is 76.9 Å². The number of hydrogen-bond acceptors (Lipinski definition) is 6. The monoisotopic (exact) mass is 543 g/mol. The van der Waals surface area contributed by atoms with Gasteiger partial charge in [-0.15, -0.1) is 5.10 Å². The number of hydrogen-bond donors (Lipinski definition) is 1. The number of esters is 1. The van der Waals surface area contributed by atoms with Crippen molar-refractivity contribution in [3.63, 3.8) is 0 Å². The quantitative estimate of drug-likeness (QED) is 0.268. The van der Waals surface area contributed by atoms with Crippen LogP contribution in [0.4, 0.5) is 11.4 Å². The highest BCUT2D eigenvalue weighted by Gasteiger charge is 2.35. The first-order valence-electron chi connectivity index (χ1n) is 12.8. The summed E-state index contributed by atoms with van der Waals surface area (Å²) in [5.74, 6) is 0.684. The Bertz CT molecular complexity index is 1730. The first-order valence-corrected chi connectivity index (χ1v) is 14.3. The molecule has 1 saturated carbocycles. The van der Waals surface area contributed by atoms with E-state index in [1.807, 2.05) is 0 Å². The molecule has 0 aliphatic heterocycles. The van der Waals surface area contributed by atoms with Crippen LogP contribution in [0.3, 0.4) is 0 Å². The fourth-order valence-corrected chi connectivity index (χ4v) is 6.67. The number of ether oxygens (including phenoxy) is 1. The zero-order chi connectivity index (χ0) is 27.9. The van der Waals surface area contributed by atoms with E-state index in [4.69, 9.17) is 11.3 Å². The van der Waals surface area contributed by atoms with Crippen molar-refractivity contribution in [1.82, 2.24) is 14.6 Å². The summed E-state index contributed by atoms with van der Waals surface area (Å²) >= 11 is 0. The van der Waals surface area contributed by atoms with Crippen LogP contribution in [-0.4, -0.2) is 35.1 Å². The number of rotatable bonds is 6. The lowest BCUT2D eigenvalue weighted by atomic mass is 9.75.